The SMILES string of the molecule is CCCC(=O)NS(=O)(=O)C(C)(O)N1CC=C(c2ccc(C#CCN(CC)CC)cc2)CC1. The average molecular weight is 462 g/mol. The fraction of sp³-hybridized carbons (Fsp3) is 0.542. The highest BCUT2D eigenvalue weighted by Crippen LogP contribution is 2.28. The minimum absolute atomic E-state index is 0.0925. The predicted octanol–water partition coefficient (Wildman–Crippen LogP) is 2.38. The van der Waals surface area contributed by atoms with Gasteiger partial charge in [0.25, 0.3) is 10.0 Å². The van der Waals surface area contributed by atoms with Crippen molar-refractivity contribution in [2.45, 2.75) is 52.0 Å². The second-order valence-corrected chi connectivity index (χ2v) is 9.96. The maximum atomic E-state index is 12.5. The molecule has 7 nitrogen and oxygen atoms in total. The fourth-order valence-corrected chi connectivity index (χ4v) is 4.57. The Kier molecular flexibility index (Phi) is 9.47. The van der Waals surface area contributed by atoms with Crippen LogP contribution < -0.4 is 4.72 Å². The molecule has 0 saturated heterocycles. The molecule has 2 N–H and O–H groups in total. The van der Waals surface area contributed by atoms with Crippen LogP contribution in [0.1, 0.15) is 58.1 Å². The summed E-state index contributed by atoms with van der Waals surface area (Å²) in [7, 11) is -4.25. The molecule has 1 unspecified atom stereocenters. The molecule has 0 bridgehead atoms. The van der Waals surface area contributed by atoms with Crippen molar-refractivity contribution in [2.75, 3.05) is 32.7 Å². The second-order valence-electron chi connectivity index (χ2n) is 7.98. The Hall–Kier alpha value is -2.18. The van der Waals surface area contributed by atoms with Crippen molar-refractivity contribution in [3.8, 4) is 11.8 Å². The van der Waals surface area contributed by atoms with E-state index in [0.717, 1.165) is 36.3 Å². The van der Waals surface area contributed by atoms with Crippen LogP contribution in [-0.4, -0.2) is 67.0 Å². The molecule has 2 rings (SSSR count). The van der Waals surface area contributed by atoms with E-state index in [9.17, 15) is 18.3 Å². The molecule has 0 aliphatic carbocycles. The number of nitrogens with zero attached hydrogens (tertiary/aromatic N) is 2. The lowest BCUT2D eigenvalue weighted by Crippen LogP contribution is -2.58. The molecular weight excluding hydrogens is 426 g/mol. The number of nitrogens with one attached hydrogen (secondary N) is 1. The molecule has 1 amide bonds. The molecule has 1 heterocycles. The minimum atomic E-state index is -4.25. The summed E-state index contributed by atoms with van der Waals surface area (Å²) in [5.41, 5.74) is 3.10. The van der Waals surface area contributed by atoms with Gasteiger partial charge in [-0.3, -0.25) is 14.6 Å². The van der Waals surface area contributed by atoms with E-state index in [4.69, 9.17) is 0 Å². The topological polar surface area (TPSA) is 89.9 Å². The fourth-order valence-electron chi connectivity index (χ4n) is 3.47. The van der Waals surface area contributed by atoms with Crippen molar-refractivity contribution >= 4 is 21.5 Å². The summed E-state index contributed by atoms with van der Waals surface area (Å²) in [5.74, 6) is 5.78. The first-order valence-corrected chi connectivity index (χ1v) is 12.7. The first-order chi connectivity index (χ1) is 15.1. The Morgan fingerprint density at radius 3 is 2.41 bits per heavy atom. The monoisotopic (exact) mass is 461 g/mol. The highest BCUT2D eigenvalue weighted by Gasteiger charge is 2.44. The molecule has 176 valence electrons. The van der Waals surface area contributed by atoms with Crippen molar-refractivity contribution in [1.82, 2.24) is 14.5 Å². The van der Waals surface area contributed by atoms with E-state index >= 15 is 0 Å². The van der Waals surface area contributed by atoms with E-state index in [1.807, 2.05) is 35.1 Å². The van der Waals surface area contributed by atoms with Gasteiger partial charge in [-0.25, -0.2) is 13.1 Å². The molecule has 32 heavy (non-hydrogen) atoms. The molecule has 8 heteroatoms. The van der Waals surface area contributed by atoms with E-state index in [1.54, 1.807) is 6.92 Å². The smallest absolute Gasteiger partial charge is 0.279 e. The van der Waals surface area contributed by atoms with Crippen LogP contribution in [0.4, 0.5) is 0 Å². The highest BCUT2D eigenvalue weighted by molar-refractivity contribution is 7.91. The highest BCUT2D eigenvalue weighted by atomic mass is 32.2. The molecule has 0 fully saturated rings. The van der Waals surface area contributed by atoms with Crippen molar-refractivity contribution in [2.24, 2.45) is 0 Å². The normalized spacial score (nSPS) is 16.6. The molecular formula is C24H35N3O4S. The second kappa shape index (κ2) is 11.6. The standard InChI is InChI=1S/C24H35N3O4S/c1-5-9-23(28)25-32(30,31)24(4,29)27-18-15-22(16-19-27)21-13-11-20(12-14-21)10-8-17-26(6-2)7-3/h11-15,29H,5-7,9,16-19H2,1-4H3,(H,25,28). The molecule has 0 aromatic heterocycles. The number of sulfonamides is 1. The Bertz CT molecular complexity index is 969. The van der Waals surface area contributed by atoms with Gasteiger partial charge in [-0.05, 0) is 56.1 Å². The number of hydrogen-bond acceptors (Lipinski definition) is 6. The Morgan fingerprint density at radius 2 is 1.88 bits per heavy atom. The summed E-state index contributed by atoms with van der Waals surface area (Å²) >= 11 is 0. The lowest BCUT2D eigenvalue weighted by Gasteiger charge is -2.37. The predicted molar refractivity (Wildman–Crippen MR) is 128 cm³/mol. The van der Waals surface area contributed by atoms with E-state index in [0.29, 0.717) is 19.4 Å². The van der Waals surface area contributed by atoms with Crippen molar-refractivity contribution in [1.29, 1.82) is 0 Å². The Morgan fingerprint density at radius 1 is 1.22 bits per heavy atom. The number of carbonyl (C=O) groups is 1. The average Bonchev–Trinajstić information content (AvgIpc) is 2.77. The quantitative estimate of drug-likeness (QED) is 0.549. The summed E-state index contributed by atoms with van der Waals surface area (Å²) < 4.78 is 27.0. The molecule has 0 spiro atoms. The molecule has 1 atom stereocenters. The number of benzene rings is 1. The summed E-state index contributed by atoms with van der Waals surface area (Å²) in [6, 6.07) is 8.01. The van der Waals surface area contributed by atoms with Gasteiger partial charge in [-0.2, -0.15) is 0 Å². The number of rotatable bonds is 9. The summed E-state index contributed by atoms with van der Waals surface area (Å²) in [4.78, 5) is 15.4. The lowest BCUT2D eigenvalue weighted by atomic mass is 9.98. The number of hydrogen-bond donors (Lipinski definition) is 2. The van der Waals surface area contributed by atoms with Gasteiger partial charge in [0.2, 0.25) is 11.0 Å². The molecule has 0 radical (unpaired) electrons. The third-order valence-electron chi connectivity index (χ3n) is 5.72. The zero-order valence-corrected chi connectivity index (χ0v) is 20.3. The number of aliphatic hydroxyl groups is 1. The van der Waals surface area contributed by atoms with Crippen LogP contribution in [0.2, 0.25) is 0 Å². The number of amides is 1. The minimum Gasteiger partial charge on any atom is -0.361 e. The van der Waals surface area contributed by atoms with E-state index < -0.39 is 21.0 Å². The van der Waals surface area contributed by atoms with Gasteiger partial charge in [0.1, 0.15) is 0 Å². The summed E-state index contributed by atoms with van der Waals surface area (Å²) in [6.07, 6.45) is 3.12. The van der Waals surface area contributed by atoms with E-state index in [1.165, 1.54) is 11.8 Å². The maximum Gasteiger partial charge on any atom is 0.279 e. The van der Waals surface area contributed by atoms with Gasteiger partial charge in [-0.15, -0.1) is 0 Å². The van der Waals surface area contributed by atoms with Crippen LogP contribution in [0.25, 0.3) is 5.57 Å². The molecule has 1 aliphatic rings. The largest absolute Gasteiger partial charge is 0.361 e. The van der Waals surface area contributed by atoms with Crippen molar-refractivity contribution in [3.63, 3.8) is 0 Å². The molecule has 1 aliphatic heterocycles. The van der Waals surface area contributed by atoms with Crippen molar-refractivity contribution in [3.05, 3.63) is 41.5 Å². The summed E-state index contributed by atoms with van der Waals surface area (Å²) in [6.45, 7) is 10.6. The van der Waals surface area contributed by atoms with Crippen molar-refractivity contribution < 1.29 is 18.3 Å². The van der Waals surface area contributed by atoms with Gasteiger partial charge in [0.15, 0.2) is 0 Å². The van der Waals surface area contributed by atoms with E-state index in [2.05, 4.69) is 30.6 Å². The first kappa shape index (κ1) is 26.1. The Balaban J connectivity index is 2.04. The van der Waals surface area contributed by atoms with Gasteiger partial charge in [0, 0.05) is 25.1 Å². The molecule has 1 aromatic rings. The lowest BCUT2D eigenvalue weighted by molar-refractivity contribution is -0.119. The summed E-state index contributed by atoms with van der Waals surface area (Å²) in [5, 5.41) is 8.53. The Labute approximate surface area is 192 Å². The zero-order valence-electron chi connectivity index (χ0n) is 19.5. The van der Waals surface area contributed by atoms with Gasteiger partial charge in [0.05, 0.1) is 6.54 Å². The number of carbonyl (C=O) groups excluding carboxylic acids is 1. The first-order valence-electron chi connectivity index (χ1n) is 11.2. The zero-order chi connectivity index (χ0) is 23.8. The van der Waals surface area contributed by atoms with Gasteiger partial charge in [-0.1, -0.05) is 50.8 Å². The van der Waals surface area contributed by atoms with Crippen LogP contribution in [0.3, 0.4) is 0 Å². The van der Waals surface area contributed by atoms with Crippen LogP contribution in [0, 0.1) is 11.8 Å². The molecule has 0 saturated carbocycles. The maximum absolute atomic E-state index is 12.5. The third-order valence-corrected chi connectivity index (χ3v) is 7.49. The van der Waals surface area contributed by atoms with E-state index in [-0.39, 0.29) is 13.0 Å². The van der Waals surface area contributed by atoms with Gasteiger partial charge < -0.3 is 5.11 Å². The van der Waals surface area contributed by atoms with Crippen LogP contribution in [0.5, 0.6) is 0 Å². The van der Waals surface area contributed by atoms with Crippen LogP contribution in [0.15, 0.2) is 30.3 Å². The van der Waals surface area contributed by atoms with Crippen LogP contribution in [-0.2, 0) is 14.8 Å². The molecule has 1 aromatic carbocycles. The third kappa shape index (κ3) is 6.66. The van der Waals surface area contributed by atoms with Gasteiger partial charge >= 0.3 is 0 Å². The van der Waals surface area contributed by atoms with Crippen LogP contribution >= 0.6 is 0 Å².